The largest absolute Gasteiger partial charge is 0.462 e. The van der Waals surface area contributed by atoms with Gasteiger partial charge in [-0.1, -0.05) is 6.07 Å². The second-order valence-electron chi connectivity index (χ2n) is 7.21. The molecule has 138 valence electrons. The molecule has 26 heavy (non-hydrogen) atoms. The number of fused-ring (bicyclic) bond motifs is 2. The number of carbonyl (C=O) groups is 2. The summed E-state index contributed by atoms with van der Waals surface area (Å²) in [5, 5.41) is 8.50. The molecule has 7 nitrogen and oxygen atoms in total. The van der Waals surface area contributed by atoms with Crippen LogP contribution in [0.3, 0.4) is 0 Å². The zero-order valence-electron chi connectivity index (χ0n) is 14.9. The number of nitrogens with zero attached hydrogens (tertiary/aromatic N) is 2. The molecule has 0 aliphatic carbocycles. The highest BCUT2D eigenvalue weighted by Crippen LogP contribution is 2.43. The Kier molecular flexibility index (Phi) is 4.19. The first-order valence-electron chi connectivity index (χ1n) is 9.12. The van der Waals surface area contributed by atoms with E-state index in [0.717, 1.165) is 25.9 Å². The lowest BCUT2D eigenvalue weighted by molar-refractivity contribution is -0.113. The van der Waals surface area contributed by atoms with Crippen LogP contribution in [0.5, 0.6) is 0 Å². The molecular formula is C19H23N3O4. The smallest absolute Gasteiger partial charge is 0.420 e. The number of amidine groups is 1. The van der Waals surface area contributed by atoms with Crippen molar-refractivity contribution in [2.45, 2.75) is 31.8 Å². The van der Waals surface area contributed by atoms with Crippen LogP contribution in [0.25, 0.3) is 0 Å². The predicted molar refractivity (Wildman–Crippen MR) is 95.6 cm³/mol. The molecule has 1 N–H and O–H groups in total. The van der Waals surface area contributed by atoms with E-state index in [-0.39, 0.29) is 12.4 Å². The number of hydrogen-bond acceptors (Lipinski definition) is 6. The zero-order chi connectivity index (χ0) is 18.3. The normalized spacial score (nSPS) is 30.4. The molecule has 1 atom stereocenters. The number of carbonyl (C=O) groups excluding carboxylic acids is 2. The number of amides is 1. The minimum atomic E-state index is -0.570. The first-order valence-corrected chi connectivity index (χ1v) is 9.12. The number of anilines is 1. The summed E-state index contributed by atoms with van der Waals surface area (Å²) in [6.07, 6.45) is 1.90. The fraction of sp³-hybridized carbons (Fsp3) is 0.526. The maximum Gasteiger partial charge on any atom is 0.420 e. The molecule has 2 bridgehead atoms. The van der Waals surface area contributed by atoms with Gasteiger partial charge in [-0.15, -0.1) is 0 Å². The molecule has 1 unspecified atom stereocenters. The van der Waals surface area contributed by atoms with Crippen LogP contribution < -0.4 is 4.90 Å². The minimum Gasteiger partial charge on any atom is -0.462 e. The second-order valence-corrected chi connectivity index (χ2v) is 7.21. The van der Waals surface area contributed by atoms with Crippen molar-refractivity contribution in [3.8, 4) is 0 Å². The summed E-state index contributed by atoms with van der Waals surface area (Å²) in [5.74, 6) is 0.0981. The zero-order valence-corrected chi connectivity index (χ0v) is 14.9. The van der Waals surface area contributed by atoms with Gasteiger partial charge in [0.1, 0.15) is 11.4 Å². The predicted octanol–water partition coefficient (Wildman–Crippen LogP) is 2.65. The highest BCUT2D eigenvalue weighted by molar-refractivity contribution is 6.15. The van der Waals surface area contributed by atoms with E-state index in [1.807, 2.05) is 0 Å². The van der Waals surface area contributed by atoms with Crippen molar-refractivity contribution < 1.29 is 19.1 Å². The summed E-state index contributed by atoms with van der Waals surface area (Å²) < 4.78 is 10.9. The number of hydrogen-bond donors (Lipinski definition) is 1. The molecule has 1 amide bonds. The number of nitrogens with one attached hydrogen (secondary N) is 1. The molecular weight excluding hydrogens is 334 g/mol. The highest BCUT2D eigenvalue weighted by Gasteiger charge is 2.54. The van der Waals surface area contributed by atoms with E-state index in [2.05, 4.69) is 4.90 Å². The summed E-state index contributed by atoms with van der Waals surface area (Å²) in [4.78, 5) is 28.3. The lowest BCUT2D eigenvalue weighted by atomic mass is 9.72. The first kappa shape index (κ1) is 17.0. The monoisotopic (exact) mass is 357 g/mol. The number of esters is 1. The van der Waals surface area contributed by atoms with Crippen LogP contribution >= 0.6 is 0 Å². The van der Waals surface area contributed by atoms with Crippen LogP contribution in [0.15, 0.2) is 24.3 Å². The van der Waals surface area contributed by atoms with Crippen molar-refractivity contribution in [1.82, 2.24) is 4.90 Å². The van der Waals surface area contributed by atoms with Crippen molar-refractivity contribution in [3.63, 3.8) is 0 Å². The molecule has 1 spiro atoms. The number of piperidine rings is 3. The average molecular weight is 357 g/mol. The van der Waals surface area contributed by atoms with Crippen LogP contribution in [0.1, 0.15) is 36.5 Å². The summed E-state index contributed by atoms with van der Waals surface area (Å²) in [5.41, 5.74) is 0.245. The Hall–Kier alpha value is -2.41. The standard InChI is InChI=1S/C19H23N3O4/c1-2-25-17(23)13-4-3-5-15(10-13)22-16(20)11-19(26-18(22)24)12-21-8-6-14(19)7-9-21/h3-5,10,14,20H,2,6-9,11-12H2,1H3. The molecule has 7 heteroatoms. The summed E-state index contributed by atoms with van der Waals surface area (Å²) in [6, 6.07) is 6.59. The maximum atomic E-state index is 12.8. The van der Waals surface area contributed by atoms with Gasteiger partial charge in [0.2, 0.25) is 0 Å². The summed E-state index contributed by atoms with van der Waals surface area (Å²) >= 11 is 0. The van der Waals surface area contributed by atoms with Crippen molar-refractivity contribution in [2.75, 3.05) is 31.1 Å². The molecule has 4 aliphatic heterocycles. The molecule has 0 aromatic heterocycles. The molecule has 4 fully saturated rings. The van der Waals surface area contributed by atoms with Gasteiger partial charge in [-0.2, -0.15) is 0 Å². The molecule has 4 aliphatic rings. The van der Waals surface area contributed by atoms with E-state index < -0.39 is 17.7 Å². The molecule has 4 saturated heterocycles. The number of rotatable bonds is 3. The molecule has 1 aromatic carbocycles. The molecule has 0 radical (unpaired) electrons. The van der Waals surface area contributed by atoms with Crippen LogP contribution in [0, 0.1) is 11.3 Å². The SMILES string of the molecule is CCOC(=O)c1cccc(N2C(=N)CC3(CN4CCC3CC4)OC2=O)c1. The molecule has 4 heterocycles. The third-order valence-corrected chi connectivity index (χ3v) is 5.65. The lowest BCUT2D eigenvalue weighted by Crippen LogP contribution is -2.66. The lowest BCUT2D eigenvalue weighted by Gasteiger charge is -2.54. The van der Waals surface area contributed by atoms with Gasteiger partial charge in [0.15, 0.2) is 0 Å². The van der Waals surface area contributed by atoms with E-state index in [1.54, 1.807) is 31.2 Å². The van der Waals surface area contributed by atoms with Gasteiger partial charge in [0.25, 0.3) is 0 Å². The van der Waals surface area contributed by atoms with E-state index in [9.17, 15) is 9.59 Å². The van der Waals surface area contributed by atoms with Crippen LogP contribution in [-0.4, -0.2) is 54.6 Å². The Morgan fingerprint density at radius 1 is 1.38 bits per heavy atom. The summed E-state index contributed by atoms with van der Waals surface area (Å²) in [6.45, 7) is 4.82. The Morgan fingerprint density at radius 2 is 2.15 bits per heavy atom. The van der Waals surface area contributed by atoms with E-state index in [0.29, 0.717) is 30.1 Å². The topological polar surface area (TPSA) is 82.9 Å². The van der Waals surface area contributed by atoms with E-state index >= 15 is 0 Å². The molecule has 1 aromatic rings. The Bertz CT molecular complexity index is 737. The Balaban J connectivity index is 1.58. The van der Waals surface area contributed by atoms with E-state index in [4.69, 9.17) is 14.9 Å². The third kappa shape index (κ3) is 2.76. The van der Waals surface area contributed by atoms with Crippen LogP contribution in [-0.2, 0) is 9.47 Å². The average Bonchev–Trinajstić information content (AvgIpc) is 2.62. The molecule has 0 saturated carbocycles. The van der Waals surface area contributed by atoms with Gasteiger partial charge in [0.05, 0.1) is 17.9 Å². The molecule has 5 rings (SSSR count). The van der Waals surface area contributed by atoms with Gasteiger partial charge in [0, 0.05) is 18.9 Å². The minimum absolute atomic E-state index is 0.219. The van der Waals surface area contributed by atoms with Gasteiger partial charge in [-0.3, -0.25) is 10.3 Å². The van der Waals surface area contributed by atoms with Crippen molar-refractivity contribution >= 4 is 23.6 Å². The van der Waals surface area contributed by atoms with Crippen LogP contribution in [0.4, 0.5) is 10.5 Å². The highest BCUT2D eigenvalue weighted by atomic mass is 16.6. The van der Waals surface area contributed by atoms with Crippen molar-refractivity contribution in [2.24, 2.45) is 5.92 Å². The summed E-state index contributed by atoms with van der Waals surface area (Å²) in [7, 11) is 0. The van der Waals surface area contributed by atoms with Crippen molar-refractivity contribution in [1.29, 1.82) is 5.41 Å². The van der Waals surface area contributed by atoms with Gasteiger partial charge in [-0.05, 0) is 51.1 Å². The second kappa shape index (κ2) is 6.39. The Morgan fingerprint density at radius 3 is 2.77 bits per heavy atom. The van der Waals surface area contributed by atoms with Gasteiger partial charge >= 0.3 is 12.1 Å². The van der Waals surface area contributed by atoms with Gasteiger partial charge < -0.3 is 9.47 Å². The fourth-order valence-corrected chi connectivity index (χ4v) is 4.42. The Labute approximate surface area is 152 Å². The van der Waals surface area contributed by atoms with Gasteiger partial charge in [-0.25, -0.2) is 14.5 Å². The first-order chi connectivity index (χ1) is 12.5. The quantitative estimate of drug-likeness (QED) is 0.841. The third-order valence-electron chi connectivity index (χ3n) is 5.65. The van der Waals surface area contributed by atoms with E-state index in [1.165, 1.54) is 4.90 Å². The number of benzene rings is 1. The van der Waals surface area contributed by atoms with Crippen molar-refractivity contribution in [3.05, 3.63) is 29.8 Å². The van der Waals surface area contributed by atoms with Crippen LogP contribution in [0.2, 0.25) is 0 Å². The fourth-order valence-electron chi connectivity index (χ4n) is 4.42. The maximum absolute atomic E-state index is 12.8. The number of ether oxygens (including phenoxy) is 2.